The van der Waals surface area contributed by atoms with Crippen molar-refractivity contribution in [2.24, 2.45) is 0 Å². The van der Waals surface area contributed by atoms with Gasteiger partial charge in [-0.15, -0.1) is 0 Å². The molecule has 4 nitrogen and oxygen atoms in total. The zero-order valence-corrected chi connectivity index (χ0v) is 12.1. The summed E-state index contributed by atoms with van der Waals surface area (Å²) in [5.41, 5.74) is 2.11. The summed E-state index contributed by atoms with van der Waals surface area (Å²) < 4.78 is 6.55. The lowest BCUT2D eigenvalue weighted by Gasteiger charge is -2.15. The lowest BCUT2D eigenvalue weighted by molar-refractivity contribution is 0.543. The molecule has 0 unspecified atom stereocenters. The summed E-state index contributed by atoms with van der Waals surface area (Å²) in [6.45, 7) is 1.47. The second kappa shape index (κ2) is 6.02. The van der Waals surface area contributed by atoms with Crippen molar-refractivity contribution in [3.05, 3.63) is 46.3 Å². The molecule has 2 aromatic rings. The molecule has 0 saturated heterocycles. The molecule has 1 N–H and O–H groups in total. The van der Waals surface area contributed by atoms with Crippen molar-refractivity contribution in [1.82, 2.24) is 10.3 Å². The SMILES string of the molecule is CNCc1coc(N(C)Cc2ccccc2Br)n1. The summed E-state index contributed by atoms with van der Waals surface area (Å²) in [4.78, 5) is 6.39. The third kappa shape index (κ3) is 3.11. The quantitative estimate of drug-likeness (QED) is 0.922. The predicted octanol–water partition coefficient (Wildman–Crippen LogP) is 2.79. The molecule has 0 spiro atoms. The molecule has 18 heavy (non-hydrogen) atoms. The fraction of sp³-hybridized carbons (Fsp3) is 0.308. The number of oxazole rings is 1. The Labute approximate surface area is 115 Å². The van der Waals surface area contributed by atoms with Crippen molar-refractivity contribution >= 4 is 21.9 Å². The van der Waals surface area contributed by atoms with E-state index in [4.69, 9.17) is 4.42 Å². The largest absolute Gasteiger partial charge is 0.432 e. The van der Waals surface area contributed by atoms with Gasteiger partial charge in [0.25, 0.3) is 6.01 Å². The van der Waals surface area contributed by atoms with Crippen LogP contribution in [0.5, 0.6) is 0 Å². The maximum Gasteiger partial charge on any atom is 0.297 e. The summed E-state index contributed by atoms with van der Waals surface area (Å²) in [6.07, 6.45) is 1.68. The molecule has 1 aromatic carbocycles. The average Bonchev–Trinajstić information content (AvgIpc) is 2.81. The summed E-state index contributed by atoms with van der Waals surface area (Å²) in [7, 11) is 3.85. The predicted molar refractivity (Wildman–Crippen MR) is 75.5 cm³/mol. The van der Waals surface area contributed by atoms with Gasteiger partial charge in [0.15, 0.2) is 0 Å². The summed E-state index contributed by atoms with van der Waals surface area (Å²) in [6, 6.07) is 8.78. The Morgan fingerprint density at radius 3 is 2.89 bits per heavy atom. The molecule has 0 radical (unpaired) electrons. The van der Waals surface area contributed by atoms with Crippen molar-refractivity contribution in [2.45, 2.75) is 13.1 Å². The summed E-state index contributed by atoms with van der Waals surface area (Å²) in [5, 5.41) is 3.05. The van der Waals surface area contributed by atoms with E-state index < -0.39 is 0 Å². The Kier molecular flexibility index (Phi) is 4.38. The average molecular weight is 310 g/mol. The van der Waals surface area contributed by atoms with Gasteiger partial charge in [0.1, 0.15) is 6.26 Å². The van der Waals surface area contributed by atoms with E-state index in [-0.39, 0.29) is 0 Å². The number of hydrogen-bond acceptors (Lipinski definition) is 4. The Bertz CT molecular complexity index is 512. The molecule has 0 aliphatic rings. The smallest absolute Gasteiger partial charge is 0.297 e. The molecular weight excluding hydrogens is 294 g/mol. The Morgan fingerprint density at radius 2 is 2.17 bits per heavy atom. The van der Waals surface area contributed by atoms with Crippen LogP contribution in [0.25, 0.3) is 0 Å². The van der Waals surface area contributed by atoms with E-state index in [9.17, 15) is 0 Å². The van der Waals surface area contributed by atoms with Gasteiger partial charge >= 0.3 is 0 Å². The standard InChI is InChI=1S/C13H16BrN3O/c1-15-7-11-9-18-13(16-11)17(2)8-10-5-3-4-6-12(10)14/h3-6,9,15H,7-8H2,1-2H3. The zero-order chi connectivity index (χ0) is 13.0. The topological polar surface area (TPSA) is 41.3 Å². The molecule has 0 amide bonds. The van der Waals surface area contributed by atoms with Gasteiger partial charge in [-0.05, 0) is 18.7 Å². The van der Waals surface area contributed by atoms with Gasteiger partial charge in [0.05, 0.1) is 5.69 Å². The van der Waals surface area contributed by atoms with Crippen LogP contribution >= 0.6 is 15.9 Å². The van der Waals surface area contributed by atoms with Crippen molar-refractivity contribution in [3.8, 4) is 0 Å². The van der Waals surface area contributed by atoms with Crippen LogP contribution in [-0.2, 0) is 13.1 Å². The number of anilines is 1. The Balaban J connectivity index is 2.07. The molecular formula is C13H16BrN3O. The molecule has 0 atom stereocenters. The van der Waals surface area contributed by atoms with Crippen LogP contribution < -0.4 is 10.2 Å². The van der Waals surface area contributed by atoms with Crippen LogP contribution in [0.1, 0.15) is 11.3 Å². The number of benzene rings is 1. The van der Waals surface area contributed by atoms with Crippen LogP contribution in [0.4, 0.5) is 6.01 Å². The second-order valence-electron chi connectivity index (χ2n) is 4.10. The highest BCUT2D eigenvalue weighted by molar-refractivity contribution is 9.10. The van der Waals surface area contributed by atoms with Gasteiger partial charge in [-0.2, -0.15) is 4.98 Å². The first-order valence-corrected chi connectivity index (χ1v) is 6.53. The molecule has 96 valence electrons. The lowest BCUT2D eigenvalue weighted by atomic mass is 10.2. The Hall–Kier alpha value is -1.33. The maximum atomic E-state index is 5.45. The molecule has 0 aliphatic heterocycles. The van der Waals surface area contributed by atoms with Gasteiger partial charge in [0.2, 0.25) is 0 Å². The summed E-state index contributed by atoms with van der Waals surface area (Å²) in [5.74, 6) is 0. The molecule has 0 aliphatic carbocycles. The van der Waals surface area contributed by atoms with Crippen LogP contribution in [0, 0.1) is 0 Å². The minimum Gasteiger partial charge on any atom is -0.432 e. The highest BCUT2D eigenvalue weighted by Crippen LogP contribution is 2.20. The van der Waals surface area contributed by atoms with E-state index in [1.54, 1.807) is 6.26 Å². The number of nitrogens with zero attached hydrogens (tertiary/aromatic N) is 2. The molecule has 2 rings (SSSR count). The summed E-state index contributed by atoms with van der Waals surface area (Å²) >= 11 is 3.54. The van der Waals surface area contributed by atoms with Crippen LogP contribution in [0.3, 0.4) is 0 Å². The minimum absolute atomic E-state index is 0.635. The normalized spacial score (nSPS) is 10.6. The number of nitrogens with one attached hydrogen (secondary N) is 1. The zero-order valence-electron chi connectivity index (χ0n) is 10.5. The van der Waals surface area contributed by atoms with Crippen LogP contribution in [-0.4, -0.2) is 19.1 Å². The number of halogens is 1. The fourth-order valence-electron chi connectivity index (χ4n) is 1.68. The molecule has 0 bridgehead atoms. The van der Waals surface area contributed by atoms with E-state index in [2.05, 4.69) is 32.3 Å². The third-order valence-electron chi connectivity index (χ3n) is 2.59. The van der Waals surface area contributed by atoms with E-state index in [0.717, 1.165) is 16.7 Å². The van der Waals surface area contributed by atoms with Crippen molar-refractivity contribution < 1.29 is 4.42 Å². The van der Waals surface area contributed by atoms with Crippen molar-refractivity contribution in [2.75, 3.05) is 19.0 Å². The monoisotopic (exact) mass is 309 g/mol. The fourth-order valence-corrected chi connectivity index (χ4v) is 2.09. The van der Waals surface area contributed by atoms with E-state index in [0.29, 0.717) is 12.6 Å². The Morgan fingerprint density at radius 1 is 1.39 bits per heavy atom. The third-order valence-corrected chi connectivity index (χ3v) is 3.36. The van der Waals surface area contributed by atoms with Gasteiger partial charge in [-0.3, -0.25) is 0 Å². The molecule has 0 saturated carbocycles. The van der Waals surface area contributed by atoms with Crippen LogP contribution in [0.2, 0.25) is 0 Å². The molecule has 5 heteroatoms. The van der Waals surface area contributed by atoms with Gasteiger partial charge in [-0.1, -0.05) is 34.1 Å². The van der Waals surface area contributed by atoms with E-state index >= 15 is 0 Å². The first-order chi connectivity index (χ1) is 8.70. The molecule has 0 fully saturated rings. The van der Waals surface area contributed by atoms with Crippen molar-refractivity contribution in [1.29, 1.82) is 0 Å². The van der Waals surface area contributed by atoms with Crippen LogP contribution in [0.15, 0.2) is 39.4 Å². The van der Waals surface area contributed by atoms with Crippen molar-refractivity contribution in [3.63, 3.8) is 0 Å². The first kappa shape index (κ1) is 13.1. The van der Waals surface area contributed by atoms with Gasteiger partial charge in [0, 0.05) is 24.6 Å². The number of aromatic nitrogens is 1. The van der Waals surface area contributed by atoms with Gasteiger partial charge in [-0.25, -0.2) is 0 Å². The number of hydrogen-bond donors (Lipinski definition) is 1. The highest BCUT2D eigenvalue weighted by atomic mass is 79.9. The minimum atomic E-state index is 0.635. The molecule has 1 aromatic heterocycles. The second-order valence-corrected chi connectivity index (χ2v) is 4.95. The van der Waals surface area contributed by atoms with Gasteiger partial charge < -0.3 is 14.6 Å². The number of rotatable bonds is 5. The van der Waals surface area contributed by atoms with E-state index in [1.165, 1.54) is 5.56 Å². The highest BCUT2D eigenvalue weighted by Gasteiger charge is 2.10. The lowest BCUT2D eigenvalue weighted by Crippen LogP contribution is -2.17. The van der Waals surface area contributed by atoms with E-state index in [1.807, 2.05) is 37.2 Å². The first-order valence-electron chi connectivity index (χ1n) is 5.74. The maximum absolute atomic E-state index is 5.45. The molecule has 1 heterocycles.